The Hall–Kier alpha value is -1.09. The maximum atomic E-state index is 4.43. The van der Waals surface area contributed by atoms with Crippen molar-refractivity contribution in [2.24, 2.45) is 4.99 Å². The lowest BCUT2D eigenvalue weighted by Gasteiger charge is -2.36. The van der Waals surface area contributed by atoms with Crippen LogP contribution in [0.4, 0.5) is 0 Å². The second-order valence-electron chi connectivity index (χ2n) is 4.41. The molecule has 0 aromatic heterocycles. The van der Waals surface area contributed by atoms with Gasteiger partial charge >= 0.3 is 0 Å². The molecule has 3 heteroatoms. The van der Waals surface area contributed by atoms with Crippen LogP contribution >= 0.6 is 0 Å². The van der Waals surface area contributed by atoms with Crippen LogP contribution in [0.5, 0.6) is 0 Å². The third-order valence-corrected chi connectivity index (χ3v) is 3.16. The number of aliphatic imine (C=N–C) groups is 1. The summed E-state index contributed by atoms with van der Waals surface area (Å²) in [7, 11) is 0. The van der Waals surface area contributed by atoms with Gasteiger partial charge in [-0.15, -0.1) is 0 Å². The molecule has 88 valence electrons. The van der Waals surface area contributed by atoms with Crippen LogP contribution in [0.25, 0.3) is 0 Å². The van der Waals surface area contributed by atoms with Gasteiger partial charge in [-0.2, -0.15) is 0 Å². The summed E-state index contributed by atoms with van der Waals surface area (Å²) in [5.74, 6) is 0. The molecule has 0 spiro atoms. The highest BCUT2D eigenvalue weighted by atomic mass is 15.5. The van der Waals surface area contributed by atoms with Crippen molar-refractivity contribution in [2.75, 3.05) is 6.54 Å². The van der Waals surface area contributed by atoms with Gasteiger partial charge < -0.3 is 5.43 Å². The Bertz CT molecular complexity index is 294. The lowest BCUT2D eigenvalue weighted by molar-refractivity contribution is 0.167. The Kier molecular flexibility index (Phi) is 4.17. The van der Waals surface area contributed by atoms with Gasteiger partial charge in [0.15, 0.2) is 0 Å². The van der Waals surface area contributed by atoms with Gasteiger partial charge in [0, 0.05) is 6.54 Å². The summed E-state index contributed by atoms with van der Waals surface area (Å²) in [5, 5.41) is 2.30. The average molecular weight is 219 g/mol. The molecule has 2 rings (SSSR count). The summed E-state index contributed by atoms with van der Waals surface area (Å²) in [4.78, 5) is 4.43. The third-order valence-electron chi connectivity index (χ3n) is 3.16. The van der Waals surface area contributed by atoms with Crippen molar-refractivity contribution in [3.8, 4) is 0 Å². The van der Waals surface area contributed by atoms with Gasteiger partial charge in [0.1, 0.15) is 0 Å². The number of rotatable bonds is 5. The number of allylic oxidation sites excluding steroid dienone is 2. The van der Waals surface area contributed by atoms with E-state index in [1.54, 1.807) is 0 Å². The zero-order chi connectivity index (χ0) is 11.2. The van der Waals surface area contributed by atoms with E-state index in [1.165, 1.54) is 25.7 Å². The Morgan fingerprint density at radius 1 is 1.19 bits per heavy atom. The van der Waals surface area contributed by atoms with Crippen molar-refractivity contribution in [3.63, 3.8) is 0 Å². The largest absolute Gasteiger partial charge is 0.309 e. The highest BCUT2D eigenvalue weighted by molar-refractivity contribution is 5.56. The Morgan fingerprint density at radius 2 is 2.06 bits per heavy atom. The van der Waals surface area contributed by atoms with E-state index < -0.39 is 0 Å². The van der Waals surface area contributed by atoms with Crippen LogP contribution in [0.2, 0.25) is 0 Å². The molecule has 1 N–H and O–H groups in total. The normalized spacial score (nSPS) is 27.8. The second kappa shape index (κ2) is 5.85. The molecule has 0 saturated heterocycles. The second-order valence-corrected chi connectivity index (χ2v) is 4.41. The minimum atomic E-state index is 0.303. The Morgan fingerprint density at radius 3 is 2.94 bits per heavy atom. The van der Waals surface area contributed by atoms with Crippen LogP contribution in [-0.4, -0.2) is 30.0 Å². The molecule has 2 atom stereocenters. The van der Waals surface area contributed by atoms with Crippen molar-refractivity contribution in [1.82, 2.24) is 10.4 Å². The average Bonchev–Trinajstić information content (AvgIpc) is 2.35. The highest BCUT2D eigenvalue weighted by Gasteiger charge is 2.26. The summed E-state index contributed by atoms with van der Waals surface area (Å²) in [6, 6.07) is 0.703. The van der Waals surface area contributed by atoms with Gasteiger partial charge in [-0.25, -0.2) is 5.01 Å². The zero-order valence-corrected chi connectivity index (χ0v) is 9.97. The minimum absolute atomic E-state index is 0.303. The van der Waals surface area contributed by atoms with Crippen LogP contribution < -0.4 is 5.43 Å². The van der Waals surface area contributed by atoms with Crippen molar-refractivity contribution in [3.05, 3.63) is 24.3 Å². The van der Waals surface area contributed by atoms with E-state index in [4.69, 9.17) is 0 Å². The fourth-order valence-electron chi connectivity index (χ4n) is 2.21. The molecule has 1 heterocycles. The first kappa shape index (κ1) is 11.4. The van der Waals surface area contributed by atoms with Crippen LogP contribution in [0.3, 0.4) is 0 Å². The lowest BCUT2D eigenvalue weighted by atomic mass is 10.0. The van der Waals surface area contributed by atoms with E-state index in [2.05, 4.69) is 46.7 Å². The van der Waals surface area contributed by atoms with Gasteiger partial charge in [-0.1, -0.05) is 50.5 Å². The highest BCUT2D eigenvalue weighted by Crippen LogP contribution is 2.17. The standard InChI is InChI=1S/C13H21N3/c1-2-3-4-7-10-16-13-9-6-5-8-12(13)14-11-15-16/h5-6,8-9,11-13H,2-4,7,10H2,1H3,(H,14,15). The number of nitrogens with zero attached hydrogens (tertiary/aromatic N) is 2. The summed E-state index contributed by atoms with van der Waals surface area (Å²) in [5.41, 5.74) is 3.25. The van der Waals surface area contributed by atoms with E-state index >= 15 is 0 Å². The van der Waals surface area contributed by atoms with E-state index in [0.717, 1.165) is 6.54 Å². The number of unbranched alkanes of at least 4 members (excludes halogenated alkanes) is 3. The van der Waals surface area contributed by atoms with Crippen molar-refractivity contribution >= 4 is 6.34 Å². The Balaban J connectivity index is 1.83. The third kappa shape index (κ3) is 2.73. The first-order valence-corrected chi connectivity index (χ1v) is 6.31. The van der Waals surface area contributed by atoms with E-state index in [9.17, 15) is 0 Å². The van der Waals surface area contributed by atoms with Gasteiger partial charge in [0.2, 0.25) is 0 Å². The summed E-state index contributed by atoms with van der Waals surface area (Å²) < 4.78 is 0. The van der Waals surface area contributed by atoms with E-state index in [1.807, 2.05) is 6.34 Å². The molecule has 0 fully saturated rings. The molecule has 2 unspecified atom stereocenters. The van der Waals surface area contributed by atoms with Gasteiger partial charge in [-0.3, -0.25) is 4.99 Å². The molecule has 1 aliphatic carbocycles. The van der Waals surface area contributed by atoms with Crippen LogP contribution in [0.15, 0.2) is 29.3 Å². The van der Waals surface area contributed by atoms with Crippen LogP contribution in [-0.2, 0) is 0 Å². The quantitative estimate of drug-likeness (QED) is 0.718. The first-order valence-electron chi connectivity index (χ1n) is 6.31. The molecule has 16 heavy (non-hydrogen) atoms. The number of hydrogen-bond donors (Lipinski definition) is 1. The molecular weight excluding hydrogens is 198 g/mol. The summed E-state index contributed by atoms with van der Waals surface area (Å²) in [6.45, 7) is 3.35. The molecule has 2 aliphatic rings. The van der Waals surface area contributed by atoms with Gasteiger partial charge in [-0.05, 0) is 6.42 Å². The number of hydrogen-bond acceptors (Lipinski definition) is 3. The molecule has 0 bridgehead atoms. The van der Waals surface area contributed by atoms with Gasteiger partial charge in [0.25, 0.3) is 0 Å². The monoisotopic (exact) mass is 219 g/mol. The van der Waals surface area contributed by atoms with Crippen LogP contribution in [0.1, 0.15) is 32.6 Å². The summed E-state index contributed by atoms with van der Waals surface area (Å²) >= 11 is 0. The molecule has 0 radical (unpaired) electrons. The van der Waals surface area contributed by atoms with Crippen molar-refractivity contribution < 1.29 is 0 Å². The molecule has 0 saturated carbocycles. The predicted octanol–water partition coefficient (Wildman–Crippen LogP) is 2.28. The summed E-state index contributed by atoms with van der Waals surface area (Å²) in [6.07, 6.45) is 15.6. The molecule has 1 aliphatic heterocycles. The predicted molar refractivity (Wildman–Crippen MR) is 68.3 cm³/mol. The number of nitrogens with one attached hydrogen (secondary N) is 1. The first-order chi connectivity index (χ1) is 7.92. The number of fused-ring (bicyclic) bond motifs is 1. The van der Waals surface area contributed by atoms with Crippen molar-refractivity contribution in [2.45, 2.75) is 44.7 Å². The molecule has 0 aromatic carbocycles. The zero-order valence-electron chi connectivity index (χ0n) is 9.97. The minimum Gasteiger partial charge on any atom is -0.309 e. The number of hydrazine groups is 1. The molecule has 0 amide bonds. The lowest BCUT2D eigenvalue weighted by Crippen LogP contribution is -2.53. The molecule has 3 nitrogen and oxygen atoms in total. The maximum Gasteiger partial charge on any atom is 0.0976 e. The Labute approximate surface area is 97.9 Å². The SMILES string of the molecule is CCCCCCN1NC=NC2C=CC=CC21. The molecule has 0 aromatic rings. The van der Waals surface area contributed by atoms with Gasteiger partial charge in [0.05, 0.1) is 18.4 Å². The van der Waals surface area contributed by atoms with Crippen LogP contribution in [0, 0.1) is 0 Å². The topological polar surface area (TPSA) is 27.6 Å². The fourth-order valence-corrected chi connectivity index (χ4v) is 2.21. The molecular formula is C13H21N3. The van der Waals surface area contributed by atoms with E-state index in [-0.39, 0.29) is 0 Å². The maximum absolute atomic E-state index is 4.43. The smallest absolute Gasteiger partial charge is 0.0976 e. The van der Waals surface area contributed by atoms with E-state index in [0.29, 0.717) is 12.1 Å². The van der Waals surface area contributed by atoms with Crippen molar-refractivity contribution in [1.29, 1.82) is 0 Å². The fraction of sp³-hybridized carbons (Fsp3) is 0.615.